The van der Waals surface area contributed by atoms with Crippen molar-refractivity contribution in [2.45, 2.75) is 20.3 Å². The molecule has 1 atom stereocenters. The quantitative estimate of drug-likeness (QED) is 0.807. The summed E-state index contributed by atoms with van der Waals surface area (Å²) in [5, 5.41) is 3.19. The van der Waals surface area contributed by atoms with Crippen LogP contribution >= 0.6 is 0 Å². The zero-order valence-corrected chi connectivity index (χ0v) is 9.51. The first-order valence-electron chi connectivity index (χ1n) is 5.24. The number of anilines is 1. The highest BCUT2D eigenvalue weighted by molar-refractivity contribution is 5.47. The van der Waals surface area contributed by atoms with Crippen LogP contribution in [0.1, 0.15) is 20.3 Å². The maximum Gasteiger partial charge on any atom is 0.167 e. The Kier molecular flexibility index (Phi) is 4.40. The average Bonchev–Trinajstić information content (AvgIpc) is 2.26. The molecule has 0 radical (unpaired) electrons. The summed E-state index contributed by atoms with van der Waals surface area (Å²) in [6.45, 7) is 5.16. The molecule has 1 aromatic rings. The van der Waals surface area contributed by atoms with E-state index in [1.807, 2.05) is 6.07 Å². The lowest BCUT2D eigenvalue weighted by Gasteiger charge is -2.12. The third kappa shape index (κ3) is 3.42. The van der Waals surface area contributed by atoms with Crippen molar-refractivity contribution in [3.8, 4) is 5.75 Å². The highest BCUT2D eigenvalue weighted by atomic mass is 19.1. The van der Waals surface area contributed by atoms with Crippen molar-refractivity contribution < 1.29 is 9.13 Å². The number of methoxy groups -OCH3 is 1. The maximum atomic E-state index is 13.3. The fourth-order valence-corrected chi connectivity index (χ4v) is 1.21. The second-order valence-electron chi connectivity index (χ2n) is 3.74. The summed E-state index contributed by atoms with van der Waals surface area (Å²) in [4.78, 5) is 0. The molecule has 1 unspecified atom stereocenters. The largest absolute Gasteiger partial charge is 0.494 e. The van der Waals surface area contributed by atoms with Gasteiger partial charge in [-0.1, -0.05) is 20.3 Å². The monoisotopic (exact) mass is 211 g/mol. The molecule has 0 bridgehead atoms. The second-order valence-corrected chi connectivity index (χ2v) is 3.74. The van der Waals surface area contributed by atoms with E-state index in [0.29, 0.717) is 5.92 Å². The van der Waals surface area contributed by atoms with E-state index in [4.69, 9.17) is 4.74 Å². The number of halogens is 1. The van der Waals surface area contributed by atoms with Crippen LogP contribution in [0.5, 0.6) is 5.75 Å². The topological polar surface area (TPSA) is 21.3 Å². The van der Waals surface area contributed by atoms with Crippen LogP contribution in [0, 0.1) is 11.7 Å². The molecule has 0 saturated heterocycles. The van der Waals surface area contributed by atoms with Gasteiger partial charge >= 0.3 is 0 Å². The molecule has 2 nitrogen and oxygen atoms in total. The summed E-state index contributed by atoms with van der Waals surface area (Å²) in [6, 6.07) is 4.92. The molecular weight excluding hydrogens is 193 g/mol. The first kappa shape index (κ1) is 11.8. The van der Waals surface area contributed by atoms with Gasteiger partial charge in [0, 0.05) is 18.3 Å². The lowest BCUT2D eigenvalue weighted by molar-refractivity contribution is 0.386. The summed E-state index contributed by atoms with van der Waals surface area (Å²) >= 11 is 0. The third-order valence-electron chi connectivity index (χ3n) is 2.50. The van der Waals surface area contributed by atoms with E-state index in [-0.39, 0.29) is 11.6 Å². The van der Waals surface area contributed by atoms with Crippen LogP contribution in [-0.2, 0) is 0 Å². The van der Waals surface area contributed by atoms with Gasteiger partial charge in [-0.3, -0.25) is 0 Å². The van der Waals surface area contributed by atoms with Crippen molar-refractivity contribution >= 4 is 5.69 Å². The van der Waals surface area contributed by atoms with E-state index in [9.17, 15) is 4.39 Å². The van der Waals surface area contributed by atoms with E-state index in [1.165, 1.54) is 13.2 Å². The Morgan fingerprint density at radius 2 is 2.20 bits per heavy atom. The highest BCUT2D eigenvalue weighted by Crippen LogP contribution is 2.20. The molecule has 0 saturated carbocycles. The van der Waals surface area contributed by atoms with Crippen molar-refractivity contribution in [2.24, 2.45) is 5.92 Å². The summed E-state index contributed by atoms with van der Waals surface area (Å²) in [7, 11) is 1.46. The van der Waals surface area contributed by atoms with Crippen molar-refractivity contribution in [3.63, 3.8) is 0 Å². The Labute approximate surface area is 90.4 Å². The molecule has 0 amide bonds. The summed E-state index contributed by atoms with van der Waals surface area (Å²) < 4.78 is 18.1. The van der Waals surface area contributed by atoms with Crippen LogP contribution < -0.4 is 10.1 Å². The van der Waals surface area contributed by atoms with Crippen molar-refractivity contribution in [1.82, 2.24) is 0 Å². The molecule has 0 aliphatic rings. The van der Waals surface area contributed by atoms with Gasteiger partial charge in [-0.2, -0.15) is 0 Å². The van der Waals surface area contributed by atoms with Crippen molar-refractivity contribution in [1.29, 1.82) is 0 Å². The smallest absolute Gasteiger partial charge is 0.167 e. The minimum atomic E-state index is -0.327. The van der Waals surface area contributed by atoms with Crippen LogP contribution in [0.15, 0.2) is 18.2 Å². The Morgan fingerprint density at radius 1 is 1.47 bits per heavy atom. The minimum absolute atomic E-state index is 0.282. The zero-order chi connectivity index (χ0) is 11.3. The molecule has 0 aromatic heterocycles. The number of nitrogens with one attached hydrogen (secondary N) is 1. The van der Waals surface area contributed by atoms with Crippen molar-refractivity contribution in [3.05, 3.63) is 24.0 Å². The van der Waals surface area contributed by atoms with Crippen molar-refractivity contribution in [2.75, 3.05) is 19.0 Å². The highest BCUT2D eigenvalue weighted by Gasteiger charge is 2.04. The van der Waals surface area contributed by atoms with Crippen LogP contribution in [-0.4, -0.2) is 13.7 Å². The van der Waals surface area contributed by atoms with Gasteiger partial charge in [0.25, 0.3) is 0 Å². The van der Waals surface area contributed by atoms with Gasteiger partial charge in [0.15, 0.2) is 11.6 Å². The Bertz CT molecular complexity index is 314. The summed E-state index contributed by atoms with van der Waals surface area (Å²) in [5.41, 5.74) is 0.800. The molecule has 3 heteroatoms. The second kappa shape index (κ2) is 5.59. The molecule has 0 aliphatic heterocycles. The maximum absolute atomic E-state index is 13.3. The molecule has 15 heavy (non-hydrogen) atoms. The fraction of sp³-hybridized carbons (Fsp3) is 0.500. The Balaban J connectivity index is 2.59. The van der Waals surface area contributed by atoms with Gasteiger partial charge < -0.3 is 10.1 Å². The molecule has 0 fully saturated rings. The van der Waals surface area contributed by atoms with Crippen LogP contribution in [0.4, 0.5) is 10.1 Å². The number of rotatable bonds is 5. The summed E-state index contributed by atoms with van der Waals surface area (Å²) in [5.74, 6) is 0.547. The van der Waals surface area contributed by atoms with Gasteiger partial charge in [0.05, 0.1) is 7.11 Å². The van der Waals surface area contributed by atoms with Crippen LogP contribution in [0.25, 0.3) is 0 Å². The Morgan fingerprint density at radius 3 is 2.73 bits per heavy atom. The zero-order valence-electron chi connectivity index (χ0n) is 9.51. The van der Waals surface area contributed by atoms with Crippen LogP contribution in [0.2, 0.25) is 0 Å². The molecule has 0 aliphatic carbocycles. The molecule has 1 rings (SSSR count). The van der Waals surface area contributed by atoms with E-state index in [0.717, 1.165) is 18.7 Å². The minimum Gasteiger partial charge on any atom is -0.494 e. The molecule has 84 valence electrons. The van der Waals surface area contributed by atoms with Gasteiger partial charge in [0.1, 0.15) is 0 Å². The molecule has 1 N–H and O–H groups in total. The molecule has 0 spiro atoms. The lowest BCUT2D eigenvalue weighted by Crippen LogP contribution is -2.10. The van der Waals surface area contributed by atoms with Gasteiger partial charge in [0.2, 0.25) is 0 Å². The van der Waals surface area contributed by atoms with Gasteiger partial charge in [-0.05, 0) is 18.1 Å². The van der Waals surface area contributed by atoms with Gasteiger partial charge in [-0.15, -0.1) is 0 Å². The van der Waals surface area contributed by atoms with Crippen LogP contribution in [0.3, 0.4) is 0 Å². The first-order valence-corrected chi connectivity index (χ1v) is 5.24. The fourth-order valence-electron chi connectivity index (χ4n) is 1.21. The van der Waals surface area contributed by atoms with E-state index >= 15 is 0 Å². The molecule has 1 aromatic carbocycles. The number of ether oxygens (including phenoxy) is 1. The molecular formula is C12H18FNO. The predicted octanol–water partition coefficient (Wildman–Crippen LogP) is 3.29. The standard InChI is InChI=1S/C12H18FNO/c1-4-9(2)8-14-10-5-6-12(15-3)11(13)7-10/h5-7,9,14H,4,8H2,1-3H3. The number of benzene rings is 1. The normalized spacial score (nSPS) is 12.3. The molecule has 0 heterocycles. The SMILES string of the molecule is CCC(C)CNc1ccc(OC)c(F)c1. The number of hydrogen-bond acceptors (Lipinski definition) is 2. The van der Waals surface area contributed by atoms with E-state index in [1.54, 1.807) is 6.07 Å². The predicted molar refractivity (Wildman–Crippen MR) is 60.9 cm³/mol. The Hall–Kier alpha value is -1.25. The third-order valence-corrected chi connectivity index (χ3v) is 2.50. The summed E-state index contributed by atoms with van der Waals surface area (Å²) in [6.07, 6.45) is 1.12. The number of hydrogen-bond donors (Lipinski definition) is 1. The van der Waals surface area contributed by atoms with E-state index < -0.39 is 0 Å². The van der Waals surface area contributed by atoms with Gasteiger partial charge in [-0.25, -0.2) is 4.39 Å². The average molecular weight is 211 g/mol. The lowest BCUT2D eigenvalue weighted by atomic mass is 10.1. The first-order chi connectivity index (χ1) is 7.17. The van der Waals surface area contributed by atoms with E-state index in [2.05, 4.69) is 19.2 Å².